The van der Waals surface area contributed by atoms with Crippen LogP contribution < -0.4 is 10.6 Å². The molecule has 2 rings (SSSR count). The predicted octanol–water partition coefficient (Wildman–Crippen LogP) is 2.10. The van der Waals surface area contributed by atoms with Crippen molar-refractivity contribution in [3.05, 3.63) is 5.82 Å². The minimum atomic E-state index is -4.50. The molecule has 1 aliphatic heterocycles. The van der Waals surface area contributed by atoms with E-state index in [1.807, 2.05) is 6.92 Å². The van der Waals surface area contributed by atoms with E-state index < -0.39 is 12.0 Å². The summed E-state index contributed by atoms with van der Waals surface area (Å²) in [5.41, 5.74) is 5.17. The summed E-state index contributed by atoms with van der Waals surface area (Å²) in [6.07, 6.45) is -3.25. The molecule has 0 atom stereocenters. The molecule has 0 saturated carbocycles. The van der Waals surface area contributed by atoms with Crippen LogP contribution in [0.2, 0.25) is 0 Å². The highest BCUT2D eigenvalue weighted by molar-refractivity contribution is 7.09. The Morgan fingerprint density at radius 3 is 2.42 bits per heavy atom. The van der Waals surface area contributed by atoms with Crippen LogP contribution in [-0.4, -0.2) is 28.3 Å². The third-order valence-corrected chi connectivity index (χ3v) is 4.23. The first-order chi connectivity index (χ1) is 8.72. The van der Waals surface area contributed by atoms with Gasteiger partial charge in [0.05, 0.1) is 5.84 Å². The van der Waals surface area contributed by atoms with Gasteiger partial charge in [0.1, 0.15) is 0 Å². The second-order valence-electron chi connectivity index (χ2n) is 4.86. The molecule has 0 radical (unpaired) electrons. The molecule has 0 spiro atoms. The molecule has 19 heavy (non-hydrogen) atoms. The number of halogens is 3. The van der Waals surface area contributed by atoms with Crippen LogP contribution in [0.3, 0.4) is 0 Å². The summed E-state index contributed by atoms with van der Waals surface area (Å²) in [7, 11) is 0. The van der Waals surface area contributed by atoms with Gasteiger partial charge < -0.3 is 10.6 Å². The maximum atomic E-state index is 12.4. The molecular formula is C10H14F3N5S. The molecule has 1 aromatic rings. The molecule has 9 heteroatoms. The topological polar surface area (TPSA) is 78.9 Å². The number of nitrogens with two attached hydrogens (primary N) is 1. The van der Waals surface area contributed by atoms with Gasteiger partial charge in [-0.3, -0.25) is 5.41 Å². The number of nitrogens with one attached hydrogen (secondary N) is 1. The van der Waals surface area contributed by atoms with Crippen LogP contribution in [0.5, 0.6) is 0 Å². The number of hydrogen-bond acceptors (Lipinski definition) is 5. The maximum Gasteiger partial charge on any atom is 0.452 e. The summed E-state index contributed by atoms with van der Waals surface area (Å²) in [6, 6.07) is 0. The van der Waals surface area contributed by atoms with Gasteiger partial charge in [-0.1, -0.05) is 6.92 Å². The molecule has 1 aliphatic rings. The van der Waals surface area contributed by atoms with Crippen molar-refractivity contribution >= 4 is 22.5 Å². The van der Waals surface area contributed by atoms with Crippen LogP contribution in [-0.2, 0) is 6.18 Å². The van der Waals surface area contributed by atoms with Crippen molar-refractivity contribution in [2.75, 3.05) is 18.0 Å². The first-order valence-corrected chi connectivity index (χ1v) is 6.50. The van der Waals surface area contributed by atoms with E-state index in [1.165, 1.54) is 0 Å². The lowest BCUT2D eigenvalue weighted by Crippen LogP contribution is -2.45. The molecule has 5 nitrogen and oxygen atoms in total. The molecule has 0 aromatic carbocycles. The van der Waals surface area contributed by atoms with Gasteiger partial charge in [0.25, 0.3) is 0 Å². The van der Waals surface area contributed by atoms with Crippen molar-refractivity contribution in [2.24, 2.45) is 11.1 Å². The number of anilines is 1. The molecule has 106 valence electrons. The lowest BCUT2D eigenvalue weighted by molar-refractivity contribution is -0.144. The normalized spacial score (nSPS) is 19.5. The molecule has 1 fully saturated rings. The summed E-state index contributed by atoms with van der Waals surface area (Å²) in [5, 5.41) is 7.80. The Labute approximate surface area is 112 Å². The second kappa shape index (κ2) is 4.62. The lowest BCUT2D eigenvalue weighted by Gasteiger charge is -2.38. The highest BCUT2D eigenvalue weighted by Crippen LogP contribution is 2.35. The molecule has 0 aliphatic carbocycles. The molecule has 1 saturated heterocycles. The average Bonchev–Trinajstić information content (AvgIpc) is 2.79. The molecule has 1 aromatic heterocycles. The van der Waals surface area contributed by atoms with Gasteiger partial charge in [-0.2, -0.15) is 22.5 Å². The van der Waals surface area contributed by atoms with Crippen LogP contribution in [0.4, 0.5) is 18.3 Å². The van der Waals surface area contributed by atoms with E-state index in [1.54, 1.807) is 4.90 Å². The number of aromatic nitrogens is 2. The number of amidine groups is 1. The molecule has 2 heterocycles. The minimum absolute atomic E-state index is 0.125. The summed E-state index contributed by atoms with van der Waals surface area (Å²) in [4.78, 5) is 5.28. The molecule has 3 N–H and O–H groups in total. The van der Waals surface area contributed by atoms with Crippen LogP contribution in [0.1, 0.15) is 25.6 Å². The number of alkyl halides is 3. The van der Waals surface area contributed by atoms with Crippen molar-refractivity contribution in [3.8, 4) is 0 Å². The standard InChI is InChI=1S/C10H14F3N5S/c1-9(6(14)15)2-4-18(5-3-9)8-16-7(17-19-8)10(11,12)13/h2-5H2,1H3,(H3,14,15). The van der Waals surface area contributed by atoms with Gasteiger partial charge >= 0.3 is 6.18 Å². The van der Waals surface area contributed by atoms with Gasteiger partial charge in [-0.15, -0.1) is 0 Å². The first kappa shape index (κ1) is 14.0. The van der Waals surface area contributed by atoms with Gasteiger partial charge in [0.2, 0.25) is 11.0 Å². The Kier molecular flexibility index (Phi) is 3.41. The van der Waals surface area contributed by atoms with Crippen molar-refractivity contribution in [3.63, 3.8) is 0 Å². The SMILES string of the molecule is CC1(C(=N)N)CCN(c2nc(C(F)(F)F)ns2)CC1. The highest BCUT2D eigenvalue weighted by Gasteiger charge is 2.38. The third-order valence-electron chi connectivity index (χ3n) is 3.46. The molecule has 0 bridgehead atoms. The Balaban J connectivity index is 2.06. The number of hydrogen-bond donors (Lipinski definition) is 2. The minimum Gasteiger partial charge on any atom is -0.387 e. The predicted molar refractivity (Wildman–Crippen MR) is 66.4 cm³/mol. The first-order valence-electron chi connectivity index (χ1n) is 5.73. The Morgan fingerprint density at radius 2 is 2.00 bits per heavy atom. The van der Waals surface area contributed by atoms with Crippen LogP contribution in [0.15, 0.2) is 0 Å². The van der Waals surface area contributed by atoms with E-state index in [-0.39, 0.29) is 16.4 Å². The molecule has 0 unspecified atom stereocenters. The second-order valence-corrected chi connectivity index (χ2v) is 5.59. The largest absolute Gasteiger partial charge is 0.452 e. The van der Waals surface area contributed by atoms with Crippen LogP contribution >= 0.6 is 11.5 Å². The summed E-state index contributed by atoms with van der Waals surface area (Å²) < 4.78 is 40.6. The maximum absolute atomic E-state index is 12.4. The van der Waals surface area contributed by atoms with E-state index in [0.717, 1.165) is 11.5 Å². The van der Waals surface area contributed by atoms with Crippen molar-refractivity contribution in [2.45, 2.75) is 25.9 Å². The van der Waals surface area contributed by atoms with E-state index in [9.17, 15) is 13.2 Å². The fourth-order valence-corrected chi connectivity index (χ4v) is 2.66. The van der Waals surface area contributed by atoms with Gasteiger partial charge in [0, 0.05) is 30.0 Å². The number of piperidine rings is 1. The number of rotatable bonds is 2. The van der Waals surface area contributed by atoms with Gasteiger partial charge in [-0.05, 0) is 12.8 Å². The van der Waals surface area contributed by atoms with E-state index in [0.29, 0.717) is 25.9 Å². The highest BCUT2D eigenvalue weighted by atomic mass is 32.1. The van der Waals surface area contributed by atoms with Gasteiger partial charge in [-0.25, -0.2) is 0 Å². The molecular weight excluding hydrogens is 279 g/mol. The third kappa shape index (κ3) is 2.80. The summed E-state index contributed by atoms with van der Waals surface area (Å²) in [5.74, 6) is -0.965. The van der Waals surface area contributed by atoms with Gasteiger partial charge in [0.15, 0.2) is 0 Å². The van der Waals surface area contributed by atoms with Crippen molar-refractivity contribution < 1.29 is 13.2 Å². The fourth-order valence-electron chi connectivity index (χ4n) is 1.92. The zero-order chi connectivity index (χ0) is 14.3. The molecule has 0 amide bonds. The van der Waals surface area contributed by atoms with E-state index >= 15 is 0 Å². The zero-order valence-electron chi connectivity index (χ0n) is 10.3. The monoisotopic (exact) mass is 293 g/mol. The van der Waals surface area contributed by atoms with E-state index in [2.05, 4.69) is 9.36 Å². The Bertz CT molecular complexity index is 476. The van der Waals surface area contributed by atoms with Crippen molar-refractivity contribution in [1.29, 1.82) is 5.41 Å². The summed E-state index contributed by atoms with van der Waals surface area (Å²) in [6.45, 7) is 2.96. The van der Waals surface area contributed by atoms with Crippen molar-refractivity contribution in [1.82, 2.24) is 9.36 Å². The van der Waals surface area contributed by atoms with E-state index in [4.69, 9.17) is 11.1 Å². The average molecular weight is 293 g/mol. The Morgan fingerprint density at radius 1 is 1.42 bits per heavy atom. The fraction of sp³-hybridized carbons (Fsp3) is 0.700. The van der Waals surface area contributed by atoms with Crippen LogP contribution in [0, 0.1) is 10.8 Å². The quantitative estimate of drug-likeness (QED) is 0.646. The lowest BCUT2D eigenvalue weighted by atomic mass is 9.79. The number of nitrogens with zero attached hydrogens (tertiary/aromatic N) is 3. The van der Waals surface area contributed by atoms with Crippen LogP contribution in [0.25, 0.3) is 0 Å². The zero-order valence-corrected chi connectivity index (χ0v) is 11.1. The Hall–Kier alpha value is -1.38. The smallest absolute Gasteiger partial charge is 0.387 e. The summed E-state index contributed by atoms with van der Waals surface area (Å²) >= 11 is 0.751.